The Labute approximate surface area is 212 Å². The minimum absolute atomic E-state index is 0.236. The van der Waals surface area contributed by atoms with Gasteiger partial charge in [0.05, 0.1) is 24.1 Å². The van der Waals surface area contributed by atoms with Crippen molar-refractivity contribution in [2.75, 3.05) is 0 Å². The van der Waals surface area contributed by atoms with Crippen molar-refractivity contribution in [3.8, 4) is 5.69 Å². The fourth-order valence-electron chi connectivity index (χ4n) is 4.72. The van der Waals surface area contributed by atoms with Gasteiger partial charge in [0.2, 0.25) is 0 Å². The van der Waals surface area contributed by atoms with Crippen LogP contribution in [0.15, 0.2) is 94.5 Å². The first-order valence-electron chi connectivity index (χ1n) is 11.6. The molecule has 0 unspecified atom stereocenters. The molecule has 0 fully saturated rings. The molecule has 0 bridgehead atoms. The number of aryl methyl sites for hydroxylation is 1. The van der Waals surface area contributed by atoms with Gasteiger partial charge in [0.1, 0.15) is 0 Å². The van der Waals surface area contributed by atoms with Crippen molar-refractivity contribution in [2.45, 2.75) is 26.9 Å². The molecule has 0 aliphatic heterocycles. The molecule has 0 atom stereocenters. The third kappa shape index (κ3) is 4.20. The number of hydrogen-bond acceptors (Lipinski definition) is 3. The van der Waals surface area contributed by atoms with Crippen LogP contribution in [0.4, 0.5) is 0 Å². The van der Waals surface area contributed by atoms with Gasteiger partial charge in [0.15, 0.2) is 5.78 Å². The highest BCUT2D eigenvalue weighted by Gasteiger charge is 2.21. The normalized spacial score (nSPS) is 11.2. The monoisotopic (exact) mass is 497 g/mol. The van der Waals surface area contributed by atoms with Crippen LogP contribution in [0, 0.1) is 13.8 Å². The molecular weight excluding hydrogens is 474 g/mol. The van der Waals surface area contributed by atoms with Crippen LogP contribution in [0.5, 0.6) is 0 Å². The van der Waals surface area contributed by atoms with Crippen LogP contribution in [-0.4, -0.2) is 19.5 Å². The predicted octanol–water partition coefficient (Wildman–Crippen LogP) is 5.16. The number of Topliss-reactive ketones (excluding diaryl/α,β-unsaturated/α-hetero) is 1. The number of para-hydroxylation sites is 1. The highest BCUT2D eigenvalue weighted by molar-refractivity contribution is 6.31. The summed E-state index contributed by atoms with van der Waals surface area (Å²) in [6, 6.07) is 26.0. The van der Waals surface area contributed by atoms with Gasteiger partial charge in [0.25, 0.3) is 0 Å². The molecule has 2 heterocycles. The van der Waals surface area contributed by atoms with Gasteiger partial charge in [-0.15, -0.1) is 0 Å². The molecule has 6 nitrogen and oxygen atoms in total. The quantitative estimate of drug-likeness (QED) is 0.240. The summed E-state index contributed by atoms with van der Waals surface area (Å²) in [6.45, 7) is 3.78. The van der Waals surface area contributed by atoms with Gasteiger partial charge in [-0.3, -0.25) is 23.5 Å². The Morgan fingerprint density at radius 2 is 1.42 bits per heavy atom. The third-order valence-electron chi connectivity index (χ3n) is 6.42. The highest BCUT2D eigenvalue weighted by atomic mass is 35.5. The van der Waals surface area contributed by atoms with E-state index in [0.717, 1.165) is 22.6 Å². The van der Waals surface area contributed by atoms with Crippen molar-refractivity contribution in [1.82, 2.24) is 13.7 Å². The fraction of sp³-hybridized carbons (Fsp3) is 0.138. The number of fused-ring (bicyclic) bond motifs is 1. The zero-order valence-corrected chi connectivity index (χ0v) is 20.7. The van der Waals surface area contributed by atoms with Gasteiger partial charge >= 0.3 is 11.1 Å². The molecule has 0 saturated heterocycles. The van der Waals surface area contributed by atoms with Gasteiger partial charge < -0.3 is 4.57 Å². The molecule has 5 rings (SSSR count). The molecule has 3 aromatic carbocycles. The second-order valence-electron chi connectivity index (χ2n) is 8.78. The molecule has 0 saturated carbocycles. The summed E-state index contributed by atoms with van der Waals surface area (Å²) < 4.78 is 4.68. The second kappa shape index (κ2) is 9.47. The summed E-state index contributed by atoms with van der Waals surface area (Å²) in [6.07, 6.45) is 0. The average Bonchev–Trinajstić information content (AvgIpc) is 3.19. The van der Waals surface area contributed by atoms with Crippen molar-refractivity contribution in [3.05, 3.63) is 133 Å². The standard InChI is InChI=1S/C29H24ClN3O3/c1-19-15-24(20(2)33(19)23-11-7-4-8-12-23)27(34)18-32-26-16-22(30)13-14-25(26)31(28(35)29(32)36)17-21-9-5-3-6-10-21/h3-16H,17-18H2,1-2H3. The second-order valence-corrected chi connectivity index (χ2v) is 9.22. The first-order chi connectivity index (χ1) is 17.3. The summed E-state index contributed by atoms with van der Waals surface area (Å²) in [5.74, 6) is -0.256. The van der Waals surface area contributed by atoms with Crippen LogP contribution in [-0.2, 0) is 13.1 Å². The van der Waals surface area contributed by atoms with Crippen molar-refractivity contribution in [3.63, 3.8) is 0 Å². The highest BCUT2D eigenvalue weighted by Crippen LogP contribution is 2.23. The lowest BCUT2D eigenvalue weighted by Gasteiger charge is -2.15. The summed E-state index contributed by atoms with van der Waals surface area (Å²) in [5.41, 5.74) is 3.55. The zero-order chi connectivity index (χ0) is 25.4. The smallest absolute Gasteiger partial charge is 0.317 e. The molecule has 0 N–H and O–H groups in total. The predicted molar refractivity (Wildman–Crippen MR) is 143 cm³/mol. The molecule has 0 aliphatic carbocycles. The maximum absolute atomic E-state index is 13.5. The largest absolute Gasteiger partial charge is 0.318 e. The lowest BCUT2D eigenvalue weighted by molar-refractivity contribution is 0.0971. The Kier molecular flexibility index (Phi) is 6.20. The number of rotatable bonds is 6. The first-order valence-corrected chi connectivity index (χ1v) is 12.0. The molecule has 0 spiro atoms. The molecular formula is C29H24ClN3O3. The molecule has 7 heteroatoms. The summed E-state index contributed by atoms with van der Waals surface area (Å²) >= 11 is 6.28. The van der Waals surface area contributed by atoms with Crippen molar-refractivity contribution in [2.24, 2.45) is 0 Å². The lowest BCUT2D eigenvalue weighted by Crippen LogP contribution is -2.42. The number of benzene rings is 3. The Morgan fingerprint density at radius 3 is 2.11 bits per heavy atom. The number of aromatic nitrogens is 3. The number of hydrogen-bond donors (Lipinski definition) is 0. The Balaban J connectivity index is 1.60. The molecule has 2 aromatic heterocycles. The average molecular weight is 498 g/mol. The zero-order valence-electron chi connectivity index (χ0n) is 19.9. The van der Waals surface area contributed by atoms with E-state index >= 15 is 0 Å². The third-order valence-corrected chi connectivity index (χ3v) is 6.66. The van der Waals surface area contributed by atoms with Crippen LogP contribution in [0.1, 0.15) is 27.3 Å². The summed E-state index contributed by atoms with van der Waals surface area (Å²) in [4.78, 5) is 40.0. The van der Waals surface area contributed by atoms with E-state index in [1.807, 2.05) is 85.1 Å². The van der Waals surface area contributed by atoms with Crippen LogP contribution in [0.2, 0.25) is 5.02 Å². The summed E-state index contributed by atoms with van der Waals surface area (Å²) in [5, 5.41) is 0.412. The lowest BCUT2D eigenvalue weighted by atomic mass is 10.1. The van der Waals surface area contributed by atoms with Crippen molar-refractivity contribution in [1.29, 1.82) is 0 Å². The number of carbonyl (C=O) groups excluding carboxylic acids is 1. The molecule has 0 radical (unpaired) electrons. The van der Waals surface area contributed by atoms with Crippen molar-refractivity contribution >= 4 is 28.4 Å². The van der Waals surface area contributed by atoms with Crippen LogP contribution >= 0.6 is 11.6 Å². The number of halogens is 1. The van der Waals surface area contributed by atoms with Crippen molar-refractivity contribution < 1.29 is 4.79 Å². The molecule has 180 valence electrons. The summed E-state index contributed by atoms with van der Waals surface area (Å²) in [7, 11) is 0. The van der Waals surface area contributed by atoms with E-state index in [9.17, 15) is 14.4 Å². The van der Waals surface area contributed by atoms with E-state index in [0.29, 0.717) is 21.6 Å². The Bertz CT molecular complexity index is 1710. The van der Waals surface area contributed by atoms with Gasteiger partial charge in [-0.25, -0.2) is 0 Å². The number of ketones is 1. The SMILES string of the molecule is Cc1cc(C(=O)Cn2c(=O)c(=O)n(Cc3ccccc3)c3ccc(Cl)cc32)c(C)n1-c1ccccc1. The minimum atomic E-state index is -0.758. The molecule has 0 aliphatic rings. The van der Waals surface area contributed by atoms with E-state index in [4.69, 9.17) is 11.6 Å². The van der Waals surface area contributed by atoms with Gasteiger partial charge in [-0.05, 0) is 55.8 Å². The van der Waals surface area contributed by atoms with Gasteiger partial charge in [-0.1, -0.05) is 60.1 Å². The van der Waals surface area contributed by atoms with E-state index in [-0.39, 0.29) is 18.9 Å². The number of nitrogens with zero attached hydrogens (tertiary/aromatic N) is 3. The first kappa shape index (κ1) is 23.6. The fourth-order valence-corrected chi connectivity index (χ4v) is 4.89. The van der Waals surface area contributed by atoms with E-state index in [2.05, 4.69) is 0 Å². The van der Waals surface area contributed by atoms with E-state index in [1.165, 1.54) is 9.13 Å². The topological polar surface area (TPSA) is 66.0 Å². The minimum Gasteiger partial charge on any atom is -0.318 e. The maximum Gasteiger partial charge on any atom is 0.317 e. The molecule has 36 heavy (non-hydrogen) atoms. The van der Waals surface area contributed by atoms with Crippen LogP contribution in [0.25, 0.3) is 16.7 Å². The van der Waals surface area contributed by atoms with Crippen LogP contribution in [0.3, 0.4) is 0 Å². The molecule has 0 amide bonds. The van der Waals surface area contributed by atoms with Crippen LogP contribution < -0.4 is 11.1 Å². The van der Waals surface area contributed by atoms with Gasteiger partial charge in [-0.2, -0.15) is 0 Å². The van der Waals surface area contributed by atoms with E-state index < -0.39 is 11.1 Å². The maximum atomic E-state index is 13.5. The van der Waals surface area contributed by atoms with E-state index in [1.54, 1.807) is 18.2 Å². The number of carbonyl (C=O) groups is 1. The Morgan fingerprint density at radius 1 is 0.778 bits per heavy atom. The Hall–Kier alpha value is -4.16. The molecule has 5 aromatic rings. The van der Waals surface area contributed by atoms with Gasteiger partial charge in [0, 0.05) is 27.7 Å².